The zero-order valence-corrected chi connectivity index (χ0v) is 12.0. The first-order valence-electron chi connectivity index (χ1n) is 6.43. The molecule has 0 radical (unpaired) electrons. The maximum Gasteiger partial charge on any atom is 0.168 e. The Morgan fingerprint density at radius 2 is 1.78 bits per heavy atom. The van der Waals surface area contributed by atoms with Gasteiger partial charge in [0.2, 0.25) is 0 Å². The van der Waals surface area contributed by atoms with E-state index in [2.05, 4.69) is 46.3 Å². The third-order valence-electron chi connectivity index (χ3n) is 3.40. The smallest absolute Gasteiger partial charge is 0.168 e. The third-order valence-corrected chi connectivity index (χ3v) is 3.86. The van der Waals surface area contributed by atoms with Crippen molar-refractivity contribution in [2.75, 3.05) is 33.2 Å². The summed E-state index contributed by atoms with van der Waals surface area (Å²) in [5.41, 5.74) is 2.72. The fourth-order valence-corrected chi connectivity index (χ4v) is 2.40. The van der Waals surface area contributed by atoms with Gasteiger partial charge in [-0.1, -0.05) is 29.8 Å². The first kappa shape index (κ1) is 13.3. The summed E-state index contributed by atoms with van der Waals surface area (Å²) in [6, 6.07) is 8.81. The van der Waals surface area contributed by atoms with Gasteiger partial charge in [-0.25, -0.2) is 0 Å². The average molecular weight is 263 g/mol. The van der Waals surface area contributed by atoms with Gasteiger partial charge in [-0.15, -0.1) is 0 Å². The van der Waals surface area contributed by atoms with Crippen molar-refractivity contribution in [3.05, 3.63) is 35.4 Å². The second-order valence-electron chi connectivity index (χ2n) is 4.80. The molecule has 0 spiro atoms. The second kappa shape index (κ2) is 6.16. The van der Waals surface area contributed by atoms with Gasteiger partial charge in [0.25, 0.3) is 0 Å². The van der Waals surface area contributed by atoms with Crippen LogP contribution in [0.25, 0.3) is 0 Å². The van der Waals surface area contributed by atoms with Crippen LogP contribution in [-0.4, -0.2) is 48.1 Å². The largest absolute Gasteiger partial charge is 0.366 e. The molecule has 1 N–H and O–H groups in total. The maximum absolute atomic E-state index is 5.25. The van der Waals surface area contributed by atoms with Crippen LogP contribution in [0.3, 0.4) is 0 Å². The highest BCUT2D eigenvalue weighted by atomic mass is 32.1. The molecule has 1 heterocycles. The standard InChI is InChI=1S/C14H21N3S/c1-12-3-5-13(6-4-12)11-16-7-9-17(10-8-16)14(18)15-2/h3-6H,7-11H2,1-2H3,(H,15,18). The van der Waals surface area contributed by atoms with E-state index in [1.807, 2.05) is 7.05 Å². The molecule has 1 aliphatic heterocycles. The molecule has 0 aliphatic carbocycles. The summed E-state index contributed by atoms with van der Waals surface area (Å²) < 4.78 is 0. The molecule has 1 aromatic carbocycles. The van der Waals surface area contributed by atoms with Gasteiger partial charge in [-0.3, -0.25) is 4.90 Å². The number of aryl methyl sites for hydroxylation is 1. The second-order valence-corrected chi connectivity index (χ2v) is 5.19. The molecular weight excluding hydrogens is 242 g/mol. The number of thiocarbonyl (C=S) groups is 1. The summed E-state index contributed by atoms with van der Waals surface area (Å²) in [6.45, 7) is 7.37. The Morgan fingerprint density at radius 1 is 1.17 bits per heavy atom. The Bertz CT molecular complexity index is 394. The molecule has 3 nitrogen and oxygen atoms in total. The molecule has 1 fully saturated rings. The molecule has 0 unspecified atom stereocenters. The Kier molecular flexibility index (Phi) is 4.55. The van der Waals surface area contributed by atoms with Crippen molar-refractivity contribution in [2.45, 2.75) is 13.5 Å². The van der Waals surface area contributed by atoms with Crippen LogP contribution in [0.15, 0.2) is 24.3 Å². The fraction of sp³-hybridized carbons (Fsp3) is 0.500. The monoisotopic (exact) mass is 263 g/mol. The molecule has 4 heteroatoms. The van der Waals surface area contributed by atoms with E-state index in [4.69, 9.17) is 12.2 Å². The lowest BCUT2D eigenvalue weighted by molar-refractivity contribution is 0.175. The van der Waals surface area contributed by atoms with Crippen LogP contribution in [0, 0.1) is 6.92 Å². The van der Waals surface area contributed by atoms with Crippen molar-refractivity contribution in [3.8, 4) is 0 Å². The minimum absolute atomic E-state index is 0.866. The van der Waals surface area contributed by atoms with Gasteiger partial charge in [-0.05, 0) is 24.7 Å². The molecule has 0 aromatic heterocycles. The van der Waals surface area contributed by atoms with Crippen molar-refractivity contribution in [1.82, 2.24) is 15.1 Å². The highest BCUT2D eigenvalue weighted by molar-refractivity contribution is 7.80. The summed E-state index contributed by atoms with van der Waals surface area (Å²) >= 11 is 5.25. The first-order chi connectivity index (χ1) is 8.69. The Balaban J connectivity index is 1.83. The lowest BCUT2D eigenvalue weighted by atomic mass is 10.1. The van der Waals surface area contributed by atoms with Crippen molar-refractivity contribution < 1.29 is 0 Å². The molecule has 1 aliphatic rings. The zero-order valence-electron chi connectivity index (χ0n) is 11.1. The SMILES string of the molecule is CNC(=S)N1CCN(Cc2ccc(C)cc2)CC1. The molecular formula is C14H21N3S. The maximum atomic E-state index is 5.25. The van der Waals surface area contributed by atoms with Crippen LogP contribution in [0.5, 0.6) is 0 Å². The number of benzene rings is 1. The predicted octanol–water partition coefficient (Wildman–Crippen LogP) is 1.62. The molecule has 98 valence electrons. The molecule has 0 amide bonds. The topological polar surface area (TPSA) is 18.5 Å². The van der Waals surface area contributed by atoms with Crippen LogP contribution in [-0.2, 0) is 6.54 Å². The van der Waals surface area contributed by atoms with E-state index in [0.717, 1.165) is 37.8 Å². The van der Waals surface area contributed by atoms with E-state index in [-0.39, 0.29) is 0 Å². The minimum Gasteiger partial charge on any atom is -0.366 e. The van der Waals surface area contributed by atoms with E-state index in [0.29, 0.717) is 0 Å². The van der Waals surface area contributed by atoms with Gasteiger partial charge in [0.05, 0.1) is 0 Å². The first-order valence-corrected chi connectivity index (χ1v) is 6.84. The van der Waals surface area contributed by atoms with E-state index in [1.54, 1.807) is 0 Å². The van der Waals surface area contributed by atoms with Crippen LogP contribution in [0.1, 0.15) is 11.1 Å². The summed E-state index contributed by atoms with van der Waals surface area (Å²) in [5.74, 6) is 0. The van der Waals surface area contributed by atoms with E-state index >= 15 is 0 Å². The molecule has 1 aromatic rings. The van der Waals surface area contributed by atoms with Crippen LogP contribution >= 0.6 is 12.2 Å². The van der Waals surface area contributed by atoms with E-state index < -0.39 is 0 Å². The average Bonchev–Trinajstić information content (AvgIpc) is 2.41. The summed E-state index contributed by atoms with van der Waals surface area (Å²) in [4.78, 5) is 4.72. The molecule has 18 heavy (non-hydrogen) atoms. The number of nitrogens with one attached hydrogen (secondary N) is 1. The minimum atomic E-state index is 0.866. The van der Waals surface area contributed by atoms with Crippen molar-refractivity contribution in [2.24, 2.45) is 0 Å². The summed E-state index contributed by atoms with van der Waals surface area (Å²) in [5, 5.41) is 3.91. The Hall–Kier alpha value is -1.13. The van der Waals surface area contributed by atoms with E-state index in [9.17, 15) is 0 Å². The third kappa shape index (κ3) is 3.43. The molecule has 2 rings (SSSR count). The number of nitrogens with zero attached hydrogens (tertiary/aromatic N) is 2. The normalized spacial score (nSPS) is 16.7. The number of rotatable bonds is 2. The van der Waals surface area contributed by atoms with E-state index in [1.165, 1.54) is 11.1 Å². The lowest BCUT2D eigenvalue weighted by Crippen LogP contribution is -2.50. The number of hydrogen-bond acceptors (Lipinski definition) is 2. The Labute approximate surface area is 115 Å². The van der Waals surface area contributed by atoms with Crippen LogP contribution in [0.4, 0.5) is 0 Å². The van der Waals surface area contributed by atoms with Gasteiger partial charge in [0.15, 0.2) is 5.11 Å². The van der Waals surface area contributed by atoms with Crippen molar-refractivity contribution in [1.29, 1.82) is 0 Å². The van der Waals surface area contributed by atoms with Gasteiger partial charge in [-0.2, -0.15) is 0 Å². The summed E-state index contributed by atoms with van der Waals surface area (Å²) in [6.07, 6.45) is 0. The quantitative estimate of drug-likeness (QED) is 0.817. The fourth-order valence-electron chi connectivity index (χ4n) is 2.22. The van der Waals surface area contributed by atoms with Gasteiger partial charge in [0, 0.05) is 39.8 Å². The molecule has 0 bridgehead atoms. The predicted molar refractivity (Wildman–Crippen MR) is 79.7 cm³/mol. The van der Waals surface area contributed by atoms with Gasteiger partial charge < -0.3 is 10.2 Å². The molecule has 0 saturated carbocycles. The highest BCUT2D eigenvalue weighted by Gasteiger charge is 2.17. The zero-order chi connectivity index (χ0) is 13.0. The number of hydrogen-bond donors (Lipinski definition) is 1. The van der Waals surface area contributed by atoms with Crippen molar-refractivity contribution >= 4 is 17.3 Å². The van der Waals surface area contributed by atoms with Crippen LogP contribution < -0.4 is 5.32 Å². The van der Waals surface area contributed by atoms with Gasteiger partial charge in [0.1, 0.15) is 0 Å². The van der Waals surface area contributed by atoms with Crippen molar-refractivity contribution in [3.63, 3.8) is 0 Å². The number of piperazine rings is 1. The lowest BCUT2D eigenvalue weighted by Gasteiger charge is -2.35. The highest BCUT2D eigenvalue weighted by Crippen LogP contribution is 2.09. The summed E-state index contributed by atoms with van der Waals surface area (Å²) in [7, 11) is 1.89. The van der Waals surface area contributed by atoms with Gasteiger partial charge >= 0.3 is 0 Å². The molecule has 0 atom stereocenters. The molecule has 1 saturated heterocycles. The Morgan fingerprint density at radius 3 is 2.33 bits per heavy atom. The van der Waals surface area contributed by atoms with Crippen LogP contribution in [0.2, 0.25) is 0 Å².